The maximum Gasteiger partial charge on any atom is 0.416 e. The summed E-state index contributed by atoms with van der Waals surface area (Å²) in [5.41, 5.74) is 3.30. The number of hydrogen-bond donors (Lipinski definition) is 0. The van der Waals surface area contributed by atoms with Gasteiger partial charge in [0.25, 0.3) is 5.91 Å². The molecule has 0 bridgehead atoms. The number of alkyl halides is 3. The number of carbonyl (C=O) groups excluding carboxylic acids is 1. The van der Waals surface area contributed by atoms with E-state index in [0.29, 0.717) is 17.7 Å². The van der Waals surface area contributed by atoms with Gasteiger partial charge in [-0.3, -0.25) is 4.79 Å². The van der Waals surface area contributed by atoms with Gasteiger partial charge in [-0.15, -0.1) is 5.10 Å². The van der Waals surface area contributed by atoms with Crippen molar-refractivity contribution < 1.29 is 18.0 Å². The van der Waals surface area contributed by atoms with E-state index >= 15 is 0 Å². The van der Waals surface area contributed by atoms with Crippen LogP contribution in [0.2, 0.25) is 0 Å². The first kappa shape index (κ1) is 21.2. The van der Waals surface area contributed by atoms with Crippen LogP contribution in [-0.2, 0) is 19.3 Å². The van der Waals surface area contributed by atoms with E-state index in [0.717, 1.165) is 41.6 Å². The fourth-order valence-corrected chi connectivity index (χ4v) is 3.87. The van der Waals surface area contributed by atoms with Crippen molar-refractivity contribution in [3.8, 4) is 0 Å². The molecular weight excluding hydrogens is 429 g/mol. The van der Waals surface area contributed by atoms with Crippen molar-refractivity contribution in [1.82, 2.24) is 19.9 Å². The van der Waals surface area contributed by atoms with E-state index in [2.05, 4.69) is 10.3 Å². The van der Waals surface area contributed by atoms with E-state index in [1.54, 1.807) is 17.0 Å². The number of nitrogens with zero attached hydrogens (tertiary/aromatic N) is 4. The summed E-state index contributed by atoms with van der Waals surface area (Å²) in [7, 11) is 0. The molecule has 4 aromatic rings. The molecule has 0 radical (unpaired) electrons. The molecule has 8 heteroatoms. The van der Waals surface area contributed by atoms with Crippen LogP contribution in [0.1, 0.15) is 39.9 Å². The van der Waals surface area contributed by atoms with Gasteiger partial charge in [0.05, 0.1) is 17.6 Å². The molecule has 0 N–H and O–H groups in total. The zero-order valence-electron chi connectivity index (χ0n) is 17.7. The number of fused-ring (bicyclic) bond motifs is 1. The Hall–Kier alpha value is -3.68. The van der Waals surface area contributed by atoms with Crippen molar-refractivity contribution >= 4 is 16.9 Å². The zero-order valence-corrected chi connectivity index (χ0v) is 17.7. The zero-order chi connectivity index (χ0) is 23.0. The molecule has 5 nitrogen and oxygen atoms in total. The molecule has 33 heavy (non-hydrogen) atoms. The normalized spacial score (nSPS) is 13.9. The summed E-state index contributed by atoms with van der Waals surface area (Å²) >= 11 is 0. The molecule has 1 amide bonds. The van der Waals surface area contributed by atoms with E-state index in [4.69, 9.17) is 0 Å². The topological polar surface area (TPSA) is 51.0 Å². The molecule has 1 aromatic heterocycles. The lowest BCUT2D eigenvalue weighted by atomic mass is 10.1. The van der Waals surface area contributed by atoms with Crippen LogP contribution in [0.15, 0.2) is 72.8 Å². The third kappa shape index (κ3) is 4.60. The van der Waals surface area contributed by atoms with Crippen LogP contribution in [0.25, 0.3) is 11.0 Å². The summed E-state index contributed by atoms with van der Waals surface area (Å²) in [5, 5.41) is 8.36. The highest BCUT2D eigenvalue weighted by molar-refractivity contribution is 5.94. The molecule has 1 aliphatic rings. The summed E-state index contributed by atoms with van der Waals surface area (Å²) < 4.78 is 40.3. The van der Waals surface area contributed by atoms with E-state index in [1.165, 1.54) is 12.1 Å². The van der Waals surface area contributed by atoms with Crippen LogP contribution in [0.3, 0.4) is 0 Å². The summed E-state index contributed by atoms with van der Waals surface area (Å²) in [5.74, 6) is -0.116. The van der Waals surface area contributed by atoms with Gasteiger partial charge in [0.1, 0.15) is 5.52 Å². The Bertz CT molecular complexity index is 1280. The third-order valence-corrected chi connectivity index (χ3v) is 5.84. The second-order valence-corrected chi connectivity index (χ2v) is 8.29. The number of aromatic nitrogens is 3. The van der Waals surface area contributed by atoms with Gasteiger partial charge in [-0.1, -0.05) is 41.6 Å². The standard InChI is InChI=1S/C25H21F3N4O/c26-25(27,28)20-11-7-17(8-12-20)15-31(21-13-14-21)24(33)19-9-5-18(6-10-19)16-32-23-4-2-1-3-22(23)29-30-32/h1-12,21H,13-16H2. The Balaban J connectivity index is 1.30. The molecule has 0 saturated heterocycles. The fraction of sp³-hybridized carbons (Fsp3) is 0.240. The first-order valence-corrected chi connectivity index (χ1v) is 10.7. The molecule has 0 spiro atoms. The first-order valence-electron chi connectivity index (χ1n) is 10.7. The number of benzene rings is 3. The molecule has 0 aliphatic heterocycles. The highest BCUT2D eigenvalue weighted by atomic mass is 19.4. The van der Waals surface area contributed by atoms with E-state index in [9.17, 15) is 18.0 Å². The van der Waals surface area contributed by atoms with Crippen LogP contribution in [0.4, 0.5) is 13.2 Å². The minimum absolute atomic E-state index is 0.116. The van der Waals surface area contributed by atoms with Gasteiger partial charge in [0.2, 0.25) is 0 Å². The fourth-order valence-electron chi connectivity index (χ4n) is 3.87. The maximum absolute atomic E-state index is 13.2. The number of para-hydroxylation sites is 1. The highest BCUT2D eigenvalue weighted by Crippen LogP contribution is 2.32. The highest BCUT2D eigenvalue weighted by Gasteiger charge is 2.34. The molecule has 0 unspecified atom stereocenters. The van der Waals surface area contributed by atoms with Crippen LogP contribution in [0.5, 0.6) is 0 Å². The van der Waals surface area contributed by atoms with Gasteiger partial charge in [-0.25, -0.2) is 4.68 Å². The largest absolute Gasteiger partial charge is 0.416 e. The second kappa shape index (κ2) is 8.35. The molecule has 168 valence electrons. The number of halogens is 3. The average molecular weight is 450 g/mol. The summed E-state index contributed by atoms with van der Waals surface area (Å²) in [6.45, 7) is 0.821. The molecule has 0 atom stereocenters. The van der Waals surface area contributed by atoms with Crippen LogP contribution in [-0.4, -0.2) is 31.8 Å². The van der Waals surface area contributed by atoms with Gasteiger partial charge in [0.15, 0.2) is 0 Å². The Morgan fingerprint density at radius 2 is 1.61 bits per heavy atom. The second-order valence-electron chi connectivity index (χ2n) is 8.29. The lowest BCUT2D eigenvalue weighted by molar-refractivity contribution is -0.137. The van der Waals surface area contributed by atoms with Gasteiger partial charge < -0.3 is 4.90 Å². The van der Waals surface area contributed by atoms with Gasteiger partial charge in [0, 0.05) is 18.2 Å². The van der Waals surface area contributed by atoms with Crippen molar-refractivity contribution in [1.29, 1.82) is 0 Å². The molecule has 5 rings (SSSR count). The van der Waals surface area contributed by atoms with Crippen molar-refractivity contribution in [3.05, 3.63) is 95.1 Å². The predicted octanol–water partition coefficient (Wildman–Crippen LogP) is 5.30. The molecule has 1 saturated carbocycles. The lowest BCUT2D eigenvalue weighted by Crippen LogP contribution is -2.32. The van der Waals surface area contributed by atoms with E-state index in [-0.39, 0.29) is 18.5 Å². The number of amides is 1. The van der Waals surface area contributed by atoms with E-state index in [1.807, 2.05) is 41.1 Å². The van der Waals surface area contributed by atoms with Crippen LogP contribution >= 0.6 is 0 Å². The minimum atomic E-state index is -4.37. The maximum atomic E-state index is 13.2. The minimum Gasteiger partial charge on any atom is -0.331 e. The Labute approximate surface area is 188 Å². The van der Waals surface area contributed by atoms with Crippen molar-refractivity contribution in [2.45, 2.75) is 38.1 Å². The van der Waals surface area contributed by atoms with Crippen LogP contribution in [0, 0.1) is 0 Å². The SMILES string of the molecule is O=C(c1ccc(Cn2nnc3ccccc32)cc1)N(Cc1ccc(C(F)(F)F)cc1)C1CC1. The quantitative estimate of drug-likeness (QED) is 0.400. The van der Waals surface area contributed by atoms with Crippen molar-refractivity contribution in [2.75, 3.05) is 0 Å². The Morgan fingerprint density at radius 1 is 0.939 bits per heavy atom. The molecule has 1 fully saturated rings. The summed E-state index contributed by atoms with van der Waals surface area (Å²) in [6, 6.07) is 20.2. The van der Waals surface area contributed by atoms with E-state index < -0.39 is 11.7 Å². The first-order chi connectivity index (χ1) is 15.9. The number of rotatable bonds is 6. The monoisotopic (exact) mass is 450 g/mol. The summed E-state index contributed by atoms with van der Waals surface area (Å²) in [4.78, 5) is 14.9. The van der Waals surface area contributed by atoms with Crippen LogP contribution < -0.4 is 0 Å². The Morgan fingerprint density at radius 3 is 2.27 bits per heavy atom. The molecule has 3 aromatic carbocycles. The molecule has 1 aliphatic carbocycles. The number of carbonyl (C=O) groups is 1. The lowest BCUT2D eigenvalue weighted by Gasteiger charge is -2.23. The summed E-state index contributed by atoms with van der Waals surface area (Å²) in [6.07, 6.45) is -2.56. The Kier molecular flexibility index (Phi) is 5.36. The van der Waals surface area contributed by atoms with Gasteiger partial charge >= 0.3 is 6.18 Å². The average Bonchev–Trinajstić information content (AvgIpc) is 3.58. The number of hydrogen-bond acceptors (Lipinski definition) is 3. The van der Waals surface area contributed by atoms with Gasteiger partial charge in [-0.05, 0) is 60.4 Å². The molecule has 1 heterocycles. The van der Waals surface area contributed by atoms with Gasteiger partial charge in [-0.2, -0.15) is 13.2 Å². The van der Waals surface area contributed by atoms with Crippen molar-refractivity contribution in [3.63, 3.8) is 0 Å². The smallest absolute Gasteiger partial charge is 0.331 e. The van der Waals surface area contributed by atoms with Crippen molar-refractivity contribution in [2.24, 2.45) is 0 Å². The predicted molar refractivity (Wildman–Crippen MR) is 117 cm³/mol. The third-order valence-electron chi connectivity index (χ3n) is 5.84. The molecular formula is C25H21F3N4O.